The van der Waals surface area contributed by atoms with Crippen LogP contribution in [-0.4, -0.2) is 21.9 Å². The normalized spacial score (nSPS) is 25.9. The molecule has 0 saturated heterocycles. The van der Waals surface area contributed by atoms with Crippen molar-refractivity contribution in [3.8, 4) is 0 Å². The average molecular weight is 259 g/mol. The monoisotopic (exact) mass is 259 g/mol. The SMILES string of the molecule is CC1CCC(NC(=O)c2cnc3c(n2)CCC3)CC1. The molecule has 1 N–H and O–H groups in total. The Bertz CT molecular complexity index is 478. The molecule has 0 unspecified atom stereocenters. The third kappa shape index (κ3) is 2.77. The first kappa shape index (κ1) is 12.6. The van der Waals surface area contributed by atoms with E-state index in [1.165, 1.54) is 12.8 Å². The van der Waals surface area contributed by atoms with Gasteiger partial charge in [0.2, 0.25) is 0 Å². The van der Waals surface area contributed by atoms with Gasteiger partial charge in [-0.15, -0.1) is 0 Å². The van der Waals surface area contributed by atoms with E-state index in [-0.39, 0.29) is 5.91 Å². The average Bonchev–Trinajstić information content (AvgIpc) is 2.88. The van der Waals surface area contributed by atoms with Crippen molar-refractivity contribution < 1.29 is 4.79 Å². The standard InChI is InChI=1S/C15H21N3O/c1-10-5-7-11(8-6-10)17-15(19)14-9-16-12-3-2-4-13(12)18-14/h9-11H,2-8H2,1H3,(H,17,19). The minimum Gasteiger partial charge on any atom is -0.348 e. The number of carbonyl (C=O) groups excluding carboxylic acids is 1. The zero-order valence-corrected chi connectivity index (χ0v) is 11.5. The fourth-order valence-corrected chi connectivity index (χ4v) is 3.06. The quantitative estimate of drug-likeness (QED) is 0.886. The van der Waals surface area contributed by atoms with E-state index in [0.717, 1.165) is 49.4 Å². The largest absolute Gasteiger partial charge is 0.348 e. The third-order valence-electron chi connectivity index (χ3n) is 4.34. The van der Waals surface area contributed by atoms with Crippen LogP contribution in [0.2, 0.25) is 0 Å². The van der Waals surface area contributed by atoms with Crippen molar-refractivity contribution in [2.24, 2.45) is 5.92 Å². The molecule has 4 nitrogen and oxygen atoms in total. The van der Waals surface area contributed by atoms with E-state index in [9.17, 15) is 4.79 Å². The van der Waals surface area contributed by atoms with Gasteiger partial charge in [0.15, 0.2) is 0 Å². The number of amides is 1. The summed E-state index contributed by atoms with van der Waals surface area (Å²) in [5.74, 6) is 0.745. The van der Waals surface area contributed by atoms with Crippen molar-refractivity contribution >= 4 is 5.91 Å². The second kappa shape index (κ2) is 5.27. The molecule has 1 aromatic heterocycles. The smallest absolute Gasteiger partial charge is 0.271 e. The molecule has 0 atom stereocenters. The van der Waals surface area contributed by atoms with Gasteiger partial charge in [-0.1, -0.05) is 6.92 Å². The molecule has 0 bridgehead atoms. The lowest BCUT2D eigenvalue weighted by atomic mass is 9.87. The van der Waals surface area contributed by atoms with Gasteiger partial charge in [0, 0.05) is 6.04 Å². The predicted molar refractivity (Wildman–Crippen MR) is 72.9 cm³/mol. The van der Waals surface area contributed by atoms with Gasteiger partial charge in [0.25, 0.3) is 5.91 Å². The first-order chi connectivity index (χ1) is 9.22. The van der Waals surface area contributed by atoms with Gasteiger partial charge in [0.1, 0.15) is 5.69 Å². The number of nitrogens with one attached hydrogen (secondary N) is 1. The maximum absolute atomic E-state index is 12.2. The van der Waals surface area contributed by atoms with Gasteiger partial charge in [-0.25, -0.2) is 4.98 Å². The fourth-order valence-electron chi connectivity index (χ4n) is 3.06. The third-order valence-corrected chi connectivity index (χ3v) is 4.34. The molecule has 0 aromatic carbocycles. The van der Waals surface area contributed by atoms with Gasteiger partial charge in [0.05, 0.1) is 17.6 Å². The number of fused-ring (bicyclic) bond motifs is 1. The molecule has 1 aromatic rings. The predicted octanol–water partition coefficient (Wildman–Crippen LogP) is 2.27. The van der Waals surface area contributed by atoms with Gasteiger partial charge >= 0.3 is 0 Å². The van der Waals surface area contributed by atoms with Crippen LogP contribution in [0.5, 0.6) is 0 Å². The van der Waals surface area contributed by atoms with Crippen LogP contribution in [0.25, 0.3) is 0 Å². The zero-order valence-electron chi connectivity index (χ0n) is 11.5. The lowest BCUT2D eigenvalue weighted by Gasteiger charge is -2.26. The molecule has 19 heavy (non-hydrogen) atoms. The maximum atomic E-state index is 12.2. The Morgan fingerprint density at radius 2 is 1.95 bits per heavy atom. The molecule has 2 aliphatic rings. The Hall–Kier alpha value is -1.45. The number of hydrogen-bond acceptors (Lipinski definition) is 3. The summed E-state index contributed by atoms with van der Waals surface area (Å²) in [7, 11) is 0. The number of aryl methyl sites for hydroxylation is 2. The summed E-state index contributed by atoms with van der Waals surface area (Å²) in [6.45, 7) is 2.28. The van der Waals surface area contributed by atoms with E-state index in [2.05, 4.69) is 22.2 Å². The molecule has 0 radical (unpaired) electrons. The van der Waals surface area contributed by atoms with E-state index in [1.54, 1.807) is 6.20 Å². The van der Waals surface area contributed by atoms with E-state index in [4.69, 9.17) is 0 Å². The van der Waals surface area contributed by atoms with E-state index < -0.39 is 0 Å². The topological polar surface area (TPSA) is 54.9 Å². The molecular formula is C15H21N3O. The van der Waals surface area contributed by atoms with Crippen molar-refractivity contribution in [3.63, 3.8) is 0 Å². The molecule has 2 aliphatic carbocycles. The number of hydrogen-bond donors (Lipinski definition) is 1. The van der Waals surface area contributed by atoms with Crippen molar-refractivity contribution in [2.45, 2.75) is 57.9 Å². The van der Waals surface area contributed by atoms with Crippen LogP contribution in [0, 0.1) is 5.92 Å². The van der Waals surface area contributed by atoms with Gasteiger partial charge in [-0.05, 0) is 50.9 Å². The molecule has 102 valence electrons. The first-order valence-electron chi connectivity index (χ1n) is 7.38. The van der Waals surface area contributed by atoms with Gasteiger partial charge in [-0.2, -0.15) is 0 Å². The zero-order chi connectivity index (χ0) is 13.2. The highest BCUT2D eigenvalue weighted by Crippen LogP contribution is 2.23. The highest BCUT2D eigenvalue weighted by atomic mass is 16.1. The van der Waals surface area contributed by atoms with Crippen LogP contribution in [0.15, 0.2) is 6.20 Å². The molecule has 1 amide bonds. The van der Waals surface area contributed by atoms with Crippen LogP contribution in [0.1, 0.15) is 60.9 Å². The number of carbonyl (C=O) groups is 1. The Labute approximate surface area is 114 Å². The second-order valence-electron chi connectivity index (χ2n) is 5.93. The van der Waals surface area contributed by atoms with Gasteiger partial charge < -0.3 is 5.32 Å². The van der Waals surface area contributed by atoms with Crippen LogP contribution < -0.4 is 5.32 Å². The second-order valence-corrected chi connectivity index (χ2v) is 5.93. The van der Waals surface area contributed by atoms with Crippen molar-refractivity contribution in [1.82, 2.24) is 15.3 Å². The minimum atomic E-state index is -0.0539. The molecule has 3 rings (SSSR count). The number of nitrogens with zero attached hydrogens (tertiary/aromatic N) is 2. The molecule has 1 fully saturated rings. The highest BCUT2D eigenvalue weighted by molar-refractivity contribution is 5.92. The Kier molecular flexibility index (Phi) is 3.49. The minimum absolute atomic E-state index is 0.0539. The van der Waals surface area contributed by atoms with Gasteiger partial charge in [-0.3, -0.25) is 9.78 Å². The van der Waals surface area contributed by atoms with Crippen LogP contribution >= 0.6 is 0 Å². The first-order valence-corrected chi connectivity index (χ1v) is 7.38. The van der Waals surface area contributed by atoms with E-state index >= 15 is 0 Å². The number of aromatic nitrogens is 2. The summed E-state index contributed by atoms with van der Waals surface area (Å²) in [5.41, 5.74) is 2.58. The summed E-state index contributed by atoms with van der Waals surface area (Å²) >= 11 is 0. The van der Waals surface area contributed by atoms with E-state index in [0.29, 0.717) is 11.7 Å². The lowest BCUT2D eigenvalue weighted by molar-refractivity contribution is 0.0917. The fraction of sp³-hybridized carbons (Fsp3) is 0.667. The van der Waals surface area contributed by atoms with Crippen molar-refractivity contribution in [3.05, 3.63) is 23.3 Å². The summed E-state index contributed by atoms with van der Waals surface area (Å²) < 4.78 is 0. The highest BCUT2D eigenvalue weighted by Gasteiger charge is 2.22. The Balaban J connectivity index is 1.64. The van der Waals surface area contributed by atoms with Crippen LogP contribution in [-0.2, 0) is 12.8 Å². The van der Waals surface area contributed by atoms with Crippen LogP contribution in [0.3, 0.4) is 0 Å². The Morgan fingerprint density at radius 3 is 2.74 bits per heavy atom. The molecular weight excluding hydrogens is 238 g/mol. The molecule has 1 heterocycles. The molecule has 4 heteroatoms. The summed E-state index contributed by atoms with van der Waals surface area (Å²) in [6.07, 6.45) is 9.30. The lowest BCUT2D eigenvalue weighted by Crippen LogP contribution is -2.37. The summed E-state index contributed by atoms with van der Waals surface area (Å²) in [4.78, 5) is 21.0. The Morgan fingerprint density at radius 1 is 1.21 bits per heavy atom. The molecule has 0 spiro atoms. The van der Waals surface area contributed by atoms with Crippen molar-refractivity contribution in [1.29, 1.82) is 0 Å². The van der Waals surface area contributed by atoms with Crippen molar-refractivity contribution in [2.75, 3.05) is 0 Å². The maximum Gasteiger partial charge on any atom is 0.271 e. The molecule has 1 saturated carbocycles. The summed E-state index contributed by atoms with van der Waals surface area (Å²) in [6, 6.07) is 0.318. The van der Waals surface area contributed by atoms with Crippen LogP contribution in [0.4, 0.5) is 0 Å². The summed E-state index contributed by atoms with van der Waals surface area (Å²) in [5, 5.41) is 3.11. The molecule has 0 aliphatic heterocycles. The van der Waals surface area contributed by atoms with E-state index in [1.807, 2.05) is 0 Å². The number of rotatable bonds is 2.